The second-order valence-corrected chi connectivity index (χ2v) is 4.91. The first-order valence-corrected chi connectivity index (χ1v) is 6.47. The zero-order chi connectivity index (χ0) is 15.1. The van der Waals surface area contributed by atoms with Crippen LogP contribution in [-0.4, -0.2) is 61.8 Å². The standard InChI is InChI=1S/C12H16N4O5/c1-5-14-10-7(11(19)15-5)13-4-16(10)12-8(18)9(20-2)6(3-17)21-12/h4,6,8-9,12,17-18H,3H2,1-2H3,(H,14,15,19)/t6-,8?,9+,12-/m1/s1. The number of aliphatic hydroxyl groups is 2. The molecule has 0 radical (unpaired) electrons. The maximum atomic E-state index is 11.8. The number of imidazole rings is 1. The number of ether oxygens (including phenoxy) is 2. The van der Waals surface area contributed by atoms with Crippen LogP contribution in [0.25, 0.3) is 11.2 Å². The van der Waals surface area contributed by atoms with Crippen LogP contribution in [0, 0.1) is 6.92 Å². The smallest absolute Gasteiger partial charge is 0.279 e. The molecular formula is C12H16N4O5. The van der Waals surface area contributed by atoms with E-state index in [1.165, 1.54) is 18.0 Å². The molecule has 1 aliphatic rings. The molecular weight excluding hydrogens is 280 g/mol. The van der Waals surface area contributed by atoms with Gasteiger partial charge in [-0.15, -0.1) is 0 Å². The van der Waals surface area contributed by atoms with Crippen LogP contribution < -0.4 is 5.56 Å². The van der Waals surface area contributed by atoms with Crippen molar-refractivity contribution in [2.24, 2.45) is 0 Å². The maximum Gasteiger partial charge on any atom is 0.279 e. The first-order chi connectivity index (χ1) is 10.1. The summed E-state index contributed by atoms with van der Waals surface area (Å²) in [5.41, 5.74) is 0.122. The number of rotatable bonds is 3. The highest BCUT2D eigenvalue weighted by Crippen LogP contribution is 2.32. The minimum Gasteiger partial charge on any atom is -0.394 e. The summed E-state index contributed by atoms with van der Waals surface area (Å²) in [5, 5.41) is 19.6. The van der Waals surface area contributed by atoms with Crippen LogP contribution in [-0.2, 0) is 9.47 Å². The van der Waals surface area contributed by atoms with Crippen LogP contribution in [0.2, 0.25) is 0 Å². The number of aromatic nitrogens is 4. The van der Waals surface area contributed by atoms with Crippen LogP contribution in [0.1, 0.15) is 12.1 Å². The average Bonchev–Trinajstić information content (AvgIpc) is 2.99. The van der Waals surface area contributed by atoms with Gasteiger partial charge in [-0.25, -0.2) is 9.97 Å². The zero-order valence-electron chi connectivity index (χ0n) is 11.6. The van der Waals surface area contributed by atoms with Crippen molar-refractivity contribution in [3.05, 3.63) is 22.5 Å². The van der Waals surface area contributed by atoms with E-state index in [9.17, 15) is 15.0 Å². The van der Waals surface area contributed by atoms with Crippen molar-refractivity contribution >= 4 is 11.2 Å². The molecule has 1 unspecified atom stereocenters. The predicted octanol–water partition coefficient (Wildman–Crippen LogP) is -1.31. The Bertz CT molecular complexity index is 711. The fraction of sp³-hybridized carbons (Fsp3) is 0.583. The van der Waals surface area contributed by atoms with Crippen LogP contribution in [0.3, 0.4) is 0 Å². The highest BCUT2D eigenvalue weighted by Gasteiger charge is 2.45. The van der Waals surface area contributed by atoms with Crippen LogP contribution >= 0.6 is 0 Å². The number of H-pyrrole nitrogens is 1. The molecule has 114 valence electrons. The molecule has 1 aliphatic heterocycles. The molecule has 0 spiro atoms. The molecule has 9 nitrogen and oxygen atoms in total. The van der Waals surface area contributed by atoms with Gasteiger partial charge in [0.1, 0.15) is 24.1 Å². The molecule has 3 heterocycles. The maximum absolute atomic E-state index is 11.8. The SMILES string of the molecule is CO[C@@H]1C(O)[C@H](n2cnc3c(=O)[nH]c(C)nc32)O[C@@H]1CO. The monoisotopic (exact) mass is 296 g/mol. The molecule has 0 bridgehead atoms. The van der Waals surface area contributed by atoms with Crippen molar-refractivity contribution in [3.8, 4) is 0 Å². The van der Waals surface area contributed by atoms with Crippen LogP contribution in [0.15, 0.2) is 11.1 Å². The summed E-state index contributed by atoms with van der Waals surface area (Å²) in [7, 11) is 1.43. The van der Waals surface area contributed by atoms with Crippen molar-refractivity contribution in [1.29, 1.82) is 0 Å². The van der Waals surface area contributed by atoms with E-state index in [0.29, 0.717) is 11.5 Å². The molecule has 1 fully saturated rings. The topological polar surface area (TPSA) is 122 Å². The summed E-state index contributed by atoms with van der Waals surface area (Å²) >= 11 is 0. The fourth-order valence-corrected chi connectivity index (χ4v) is 2.61. The lowest BCUT2D eigenvalue weighted by molar-refractivity contribution is -0.0536. The average molecular weight is 296 g/mol. The first kappa shape index (κ1) is 14.1. The number of aryl methyl sites for hydroxylation is 1. The summed E-state index contributed by atoms with van der Waals surface area (Å²) in [6, 6.07) is 0. The molecule has 0 saturated carbocycles. The van der Waals surface area contributed by atoms with Crippen LogP contribution in [0.4, 0.5) is 0 Å². The lowest BCUT2D eigenvalue weighted by Crippen LogP contribution is -2.35. The second-order valence-electron chi connectivity index (χ2n) is 4.91. The number of aliphatic hydroxyl groups excluding tert-OH is 2. The predicted molar refractivity (Wildman–Crippen MR) is 70.7 cm³/mol. The minimum atomic E-state index is -1.01. The second kappa shape index (κ2) is 5.19. The summed E-state index contributed by atoms with van der Waals surface area (Å²) in [4.78, 5) is 22.6. The van der Waals surface area contributed by atoms with Gasteiger partial charge in [-0.05, 0) is 6.92 Å². The molecule has 0 amide bonds. The van der Waals surface area contributed by atoms with E-state index in [1.54, 1.807) is 6.92 Å². The zero-order valence-corrected chi connectivity index (χ0v) is 11.6. The number of aromatic amines is 1. The first-order valence-electron chi connectivity index (χ1n) is 6.47. The van der Waals surface area contributed by atoms with Gasteiger partial charge in [-0.2, -0.15) is 0 Å². The molecule has 0 aliphatic carbocycles. The highest BCUT2D eigenvalue weighted by molar-refractivity contribution is 5.69. The molecule has 3 rings (SSSR count). The number of hydrogen-bond acceptors (Lipinski definition) is 7. The van der Waals surface area contributed by atoms with Gasteiger partial charge in [0.05, 0.1) is 12.9 Å². The van der Waals surface area contributed by atoms with E-state index in [4.69, 9.17) is 9.47 Å². The van der Waals surface area contributed by atoms with Gasteiger partial charge in [0.25, 0.3) is 5.56 Å². The van der Waals surface area contributed by atoms with Gasteiger partial charge >= 0.3 is 0 Å². The normalized spacial score (nSPS) is 29.3. The molecule has 3 N–H and O–H groups in total. The van der Waals surface area contributed by atoms with Crippen molar-refractivity contribution < 1.29 is 19.7 Å². The number of hydrogen-bond donors (Lipinski definition) is 3. The number of fused-ring (bicyclic) bond motifs is 1. The lowest BCUT2D eigenvalue weighted by Gasteiger charge is -2.17. The van der Waals surface area contributed by atoms with Crippen LogP contribution in [0.5, 0.6) is 0 Å². The molecule has 2 aromatic heterocycles. The number of nitrogens with one attached hydrogen (secondary N) is 1. The minimum absolute atomic E-state index is 0.165. The summed E-state index contributed by atoms with van der Waals surface area (Å²) in [5.74, 6) is 0.434. The molecule has 2 aromatic rings. The highest BCUT2D eigenvalue weighted by atomic mass is 16.6. The Morgan fingerprint density at radius 1 is 1.57 bits per heavy atom. The van der Waals surface area contributed by atoms with Crippen molar-refractivity contribution in [1.82, 2.24) is 19.5 Å². The molecule has 9 heteroatoms. The van der Waals surface area contributed by atoms with Crippen molar-refractivity contribution in [2.75, 3.05) is 13.7 Å². The number of methoxy groups -OCH3 is 1. The van der Waals surface area contributed by atoms with E-state index in [0.717, 1.165) is 0 Å². The van der Waals surface area contributed by atoms with Gasteiger partial charge in [0.15, 0.2) is 17.4 Å². The Morgan fingerprint density at radius 3 is 2.95 bits per heavy atom. The van der Waals surface area contributed by atoms with E-state index in [-0.39, 0.29) is 17.7 Å². The Kier molecular flexibility index (Phi) is 3.49. The van der Waals surface area contributed by atoms with E-state index in [1.807, 2.05) is 0 Å². The fourth-order valence-electron chi connectivity index (χ4n) is 2.61. The van der Waals surface area contributed by atoms with Gasteiger partial charge in [-0.3, -0.25) is 9.36 Å². The Morgan fingerprint density at radius 2 is 2.33 bits per heavy atom. The summed E-state index contributed by atoms with van der Waals surface area (Å²) < 4.78 is 12.2. The lowest BCUT2D eigenvalue weighted by atomic mass is 10.1. The van der Waals surface area contributed by atoms with Gasteiger partial charge in [0.2, 0.25) is 0 Å². The molecule has 0 aromatic carbocycles. The Balaban J connectivity index is 2.07. The summed E-state index contributed by atoms with van der Waals surface area (Å²) in [6.07, 6.45) is -1.78. The van der Waals surface area contributed by atoms with E-state index >= 15 is 0 Å². The van der Waals surface area contributed by atoms with Gasteiger partial charge < -0.3 is 24.7 Å². The Labute approximate surface area is 119 Å². The van der Waals surface area contributed by atoms with E-state index in [2.05, 4.69) is 15.0 Å². The third-order valence-corrected chi connectivity index (χ3v) is 3.59. The van der Waals surface area contributed by atoms with Crippen molar-refractivity contribution in [3.63, 3.8) is 0 Å². The largest absolute Gasteiger partial charge is 0.394 e. The third kappa shape index (κ3) is 2.14. The number of nitrogens with zero attached hydrogens (tertiary/aromatic N) is 3. The van der Waals surface area contributed by atoms with Gasteiger partial charge in [0, 0.05) is 7.11 Å². The quantitative estimate of drug-likeness (QED) is 0.643. The molecule has 21 heavy (non-hydrogen) atoms. The molecule has 1 saturated heterocycles. The van der Waals surface area contributed by atoms with E-state index < -0.39 is 24.5 Å². The third-order valence-electron chi connectivity index (χ3n) is 3.59. The Hall–Kier alpha value is -1.81. The van der Waals surface area contributed by atoms with Crippen molar-refractivity contribution in [2.45, 2.75) is 31.5 Å². The summed E-state index contributed by atoms with van der Waals surface area (Å²) in [6.45, 7) is 1.37. The molecule has 4 atom stereocenters. The van der Waals surface area contributed by atoms with Gasteiger partial charge in [-0.1, -0.05) is 0 Å².